The van der Waals surface area contributed by atoms with Gasteiger partial charge in [0, 0.05) is 12.5 Å². The van der Waals surface area contributed by atoms with Crippen molar-refractivity contribution in [3.8, 4) is 0 Å². The Hall–Kier alpha value is -2.19. The third-order valence-corrected chi connectivity index (χ3v) is 4.95. The third-order valence-electron chi connectivity index (χ3n) is 4.95. The van der Waals surface area contributed by atoms with Crippen molar-refractivity contribution in [1.29, 1.82) is 0 Å². The molecule has 1 saturated carbocycles. The maximum atomic E-state index is 13.6. The predicted octanol–water partition coefficient (Wildman–Crippen LogP) is 1.77. The minimum atomic E-state index is -0.540. The fourth-order valence-corrected chi connectivity index (χ4v) is 3.24. The zero-order valence-corrected chi connectivity index (χ0v) is 15.1. The Morgan fingerprint density at radius 1 is 1.19 bits per heavy atom. The number of anilines is 1. The second-order valence-corrected chi connectivity index (χ2v) is 7.10. The molecule has 7 nitrogen and oxygen atoms in total. The summed E-state index contributed by atoms with van der Waals surface area (Å²) >= 11 is 0. The van der Waals surface area contributed by atoms with E-state index >= 15 is 0 Å². The van der Waals surface area contributed by atoms with E-state index in [1.165, 1.54) is 12.1 Å². The first kappa shape index (κ1) is 19.6. The fraction of sp³-hybridized carbons (Fsp3) is 0.579. The van der Waals surface area contributed by atoms with Gasteiger partial charge in [-0.1, -0.05) is 12.1 Å². The maximum Gasteiger partial charge on any atom is 0.319 e. The van der Waals surface area contributed by atoms with Crippen LogP contribution in [0.5, 0.6) is 0 Å². The van der Waals surface area contributed by atoms with Crippen LogP contribution in [0.1, 0.15) is 32.1 Å². The molecule has 1 aliphatic heterocycles. The van der Waals surface area contributed by atoms with Gasteiger partial charge in [0.25, 0.3) is 0 Å². The van der Waals surface area contributed by atoms with Crippen LogP contribution in [0, 0.1) is 11.7 Å². The van der Waals surface area contributed by atoms with Gasteiger partial charge in [0.2, 0.25) is 5.91 Å². The number of aliphatic hydroxyl groups is 1. The van der Waals surface area contributed by atoms with Crippen LogP contribution >= 0.6 is 0 Å². The summed E-state index contributed by atoms with van der Waals surface area (Å²) in [4.78, 5) is 23.8. The second-order valence-electron chi connectivity index (χ2n) is 7.10. The highest BCUT2D eigenvalue weighted by molar-refractivity contribution is 5.89. The van der Waals surface area contributed by atoms with Crippen molar-refractivity contribution in [3.63, 3.8) is 0 Å². The van der Waals surface area contributed by atoms with E-state index < -0.39 is 18.0 Å². The molecule has 0 aromatic heterocycles. The maximum absolute atomic E-state index is 13.6. The average molecular weight is 379 g/mol. The lowest BCUT2D eigenvalue weighted by molar-refractivity contribution is -0.122. The highest BCUT2D eigenvalue weighted by Crippen LogP contribution is 2.29. The molecule has 1 aromatic carbocycles. The molecule has 3 atom stereocenters. The van der Waals surface area contributed by atoms with Crippen LogP contribution < -0.4 is 16.0 Å². The quantitative estimate of drug-likeness (QED) is 0.580. The van der Waals surface area contributed by atoms with Gasteiger partial charge in [0.1, 0.15) is 11.9 Å². The van der Waals surface area contributed by atoms with Crippen molar-refractivity contribution >= 4 is 17.6 Å². The normalized spacial score (nSPS) is 24.9. The number of para-hydroxylation sites is 1. The zero-order chi connectivity index (χ0) is 19.2. The minimum absolute atomic E-state index is 0.0747. The van der Waals surface area contributed by atoms with E-state index in [0.717, 1.165) is 12.8 Å². The van der Waals surface area contributed by atoms with E-state index in [2.05, 4.69) is 16.0 Å². The molecule has 0 bridgehead atoms. The highest BCUT2D eigenvalue weighted by atomic mass is 19.1. The molecule has 1 saturated heterocycles. The Balaban J connectivity index is 1.43. The van der Waals surface area contributed by atoms with Crippen molar-refractivity contribution in [3.05, 3.63) is 30.1 Å². The molecule has 1 heterocycles. The van der Waals surface area contributed by atoms with Gasteiger partial charge in [0.15, 0.2) is 0 Å². The van der Waals surface area contributed by atoms with Crippen LogP contribution in [0.15, 0.2) is 24.3 Å². The van der Waals surface area contributed by atoms with E-state index in [0.29, 0.717) is 25.8 Å². The molecule has 4 N–H and O–H groups in total. The summed E-state index contributed by atoms with van der Waals surface area (Å²) < 4.78 is 19.5. The summed E-state index contributed by atoms with van der Waals surface area (Å²) in [6.07, 6.45) is 3.35. The summed E-state index contributed by atoms with van der Waals surface area (Å²) in [7, 11) is 0. The van der Waals surface area contributed by atoms with Gasteiger partial charge >= 0.3 is 6.03 Å². The Morgan fingerprint density at radius 2 is 1.96 bits per heavy atom. The molecule has 1 aromatic rings. The Morgan fingerprint density at radius 3 is 2.67 bits per heavy atom. The van der Waals surface area contributed by atoms with Crippen LogP contribution in [0.4, 0.5) is 14.9 Å². The van der Waals surface area contributed by atoms with Gasteiger partial charge in [-0.05, 0) is 44.2 Å². The van der Waals surface area contributed by atoms with Crippen LogP contribution in [0.2, 0.25) is 0 Å². The van der Waals surface area contributed by atoms with Crippen LogP contribution in [-0.2, 0) is 9.53 Å². The largest absolute Gasteiger partial charge is 0.394 e. The van der Waals surface area contributed by atoms with E-state index in [4.69, 9.17) is 4.74 Å². The van der Waals surface area contributed by atoms with E-state index in [9.17, 15) is 19.1 Å². The van der Waals surface area contributed by atoms with Crippen LogP contribution in [0.25, 0.3) is 0 Å². The SMILES string of the molecule is O=C(Nc1ccccc1F)N[C@H]1CC[C@@H](CCNC(=O)C2CC2)O[C@@H]1CO. The van der Waals surface area contributed by atoms with E-state index in [1.54, 1.807) is 12.1 Å². The molecule has 2 aliphatic rings. The lowest BCUT2D eigenvalue weighted by atomic mass is 9.97. The van der Waals surface area contributed by atoms with Gasteiger partial charge < -0.3 is 25.8 Å². The van der Waals surface area contributed by atoms with Gasteiger partial charge in [0.05, 0.1) is 24.4 Å². The number of ether oxygens (including phenoxy) is 1. The average Bonchev–Trinajstić information content (AvgIpc) is 3.50. The molecular weight excluding hydrogens is 353 g/mol. The van der Waals surface area contributed by atoms with Gasteiger partial charge in [-0.25, -0.2) is 9.18 Å². The van der Waals surface area contributed by atoms with Gasteiger partial charge in [-0.15, -0.1) is 0 Å². The molecule has 3 amide bonds. The number of hydrogen-bond donors (Lipinski definition) is 4. The Bertz CT molecular complexity index is 668. The number of hydrogen-bond acceptors (Lipinski definition) is 4. The standard InChI is InChI=1S/C19H26FN3O4/c20-14-3-1-2-4-15(14)22-19(26)23-16-8-7-13(27-17(16)11-24)9-10-21-18(25)12-5-6-12/h1-4,12-13,16-17,24H,5-11H2,(H,21,25)(H2,22,23,26)/t13-,16-,17+/m0/s1. The molecule has 0 spiro atoms. The third kappa shape index (κ3) is 5.64. The van der Waals surface area contributed by atoms with Crippen molar-refractivity contribution in [2.75, 3.05) is 18.5 Å². The smallest absolute Gasteiger partial charge is 0.319 e. The summed E-state index contributed by atoms with van der Waals surface area (Å²) in [5.41, 5.74) is 0.0940. The number of amides is 3. The highest BCUT2D eigenvalue weighted by Gasteiger charge is 2.33. The number of rotatable bonds is 7. The first-order valence-electron chi connectivity index (χ1n) is 9.43. The molecule has 27 heavy (non-hydrogen) atoms. The molecule has 2 fully saturated rings. The predicted molar refractivity (Wildman–Crippen MR) is 97.7 cm³/mol. The molecule has 148 valence electrons. The number of urea groups is 1. The van der Waals surface area contributed by atoms with Gasteiger partial charge in [-0.3, -0.25) is 4.79 Å². The molecular formula is C19H26FN3O4. The summed E-state index contributed by atoms with van der Waals surface area (Å²) in [5, 5.41) is 17.7. The first-order chi connectivity index (χ1) is 13.1. The minimum Gasteiger partial charge on any atom is -0.394 e. The van der Waals surface area contributed by atoms with E-state index in [1.807, 2.05) is 0 Å². The number of carbonyl (C=O) groups is 2. The molecule has 0 radical (unpaired) electrons. The summed E-state index contributed by atoms with van der Waals surface area (Å²) in [6, 6.07) is 5.01. The van der Waals surface area contributed by atoms with Crippen molar-refractivity contribution in [1.82, 2.24) is 10.6 Å². The number of nitrogens with one attached hydrogen (secondary N) is 3. The number of aliphatic hydroxyl groups excluding tert-OH is 1. The topological polar surface area (TPSA) is 99.7 Å². The van der Waals surface area contributed by atoms with Crippen LogP contribution in [0.3, 0.4) is 0 Å². The van der Waals surface area contributed by atoms with Crippen LogP contribution in [-0.4, -0.2) is 48.4 Å². The van der Waals surface area contributed by atoms with Crippen molar-refractivity contribution in [2.24, 2.45) is 5.92 Å². The molecule has 3 rings (SSSR count). The lowest BCUT2D eigenvalue weighted by Crippen LogP contribution is -2.52. The number of benzene rings is 1. The fourth-order valence-electron chi connectivity index (χ4n) is 3.24. The Labute approximate surface area is 157 Å². The molecule has 8 heteroatoms. The van der Waals surface area contributed by atoms with Gasteiger partial charge in [-0.2, -0.15) is 0 Å². The zero-order valence-electron chi connectivity index (χ0n) is 15.1. The first-order valence-corrected chi connectivity index (χ1v) is 9.43. The number of halogens is 1. The Kier molecular flexibility index (Phi) is 6.63. The monoisotopic (exact) mass is 379 g/mol. The van der Waals surface area contributed by atoms with E-state index in [-0.39, 0.29) is 36.3 Å². The second kappa shape index (κ2) is 9.14. The molecule has 0 unspecified atom stereocenters. The lowest BCUT2D eigenvalue weighted by Gasteiger charge is -2.36. The summed E-state index contributed by atoms with van der Waals surface area (Å²) in [6.45, 7) is 0.319. The molecule has 1 aliphatic carbocycles. The van der Waals surface area contributed by atoms with Crippen molar-refractivity contribution < 1.29 is 23.8 Å². The van der Waals surface area contributed by atoms with Crippen molar-refractivity contribution in [2.45, 2.75) is 50.4 Å². The number of carbonyl (C=O) groups excluding carboxylic acids is 2. The summed E-state index contributed by atoms with van der Waals surface area (Å²) in [5.74, 6) is -0.225.